The molecule has 1 aliphatic rings. The second kappa shape index (κ2) is 5.58. The van der Waals surface area contributed by atoms with Crippen molar-refractivity contribution < 1.29 is 4.74 Å². The highest BCUT2D eigenvalue weighted by atomic mass is 16.5. The molecule has 2 N–H and O–H groups in total. The van der Waals surface area contributed by atoms with Crippen molar-refractivity contribution in [3.05, 3.63) is 0 Å². The van der Waals surface area contributed by atoms with Crippen molar-refractivity contribution in [2.45, 2.75) is 31.7 Å². The monoisotopic (exact) mass is 186 g/mol. The third-order valence-electron chi connectivity index (χ3n) is 2.75. The van der Waals surface area contributed by atoms with Gasteiger partial charge in [0.15, 0.2) is 0 Å². The summed E-state index contributed by atoms with van der Waals surface area (Å²) in [4.78, 5) is 0. The number of nitrogens with one attached hydrogen (secondary N) is 2. The van der Waals surface area contributed by atoms with Gasteiger partial charge in [-0.15, -0.1) is 0 Å². The first kappa shape index (κ1) is 11.0. The van der Waals surface area contributed by atoms with Crippen molar-refractivity contribution in [3.8, 4) is 0 Å². The fourth-order valence-corrected chi connectivity index (χ4v) is 1.65. The molecule has 0 radical (unpaired) electrons. The fraction of sp³-hybridized carbons (Fsp3) is 1.00. The van der Waals surface area contributed by atoms with Crippen LogP contribution in [-0.2, 0) is 4.74 Å². The Balaban J connectivity index is 2.10. The van der Waals surface area contributed by atoms with Gasteiger partial charge >= 0.3 is 0 Å². The number of ether oxygens (including phenoxy) is 1. The third-order valence-corrected chi connectivity index (χ3v) is 2.75. The molecule has 13 heavy (non-hydrogen) atoms. The average Bonchev–Trinajstić information content (AvgIpc) is 2.14. The van der Waals surface area contributed by atoms with Gasteiger partial charge in [-0.2, -0.15) is 0 Å². The van der Waals surface area contributed by atoms with Crippen LogP contribution in [0.25, 0.3) is 0 Å². The van der Waals surface area contributed by atoms with Crippen molar-refractivity contribution in [2.75, 3.05) is 33.4 Å². The maximum absolute atomic E-state index is 5.34. The Labute approximate surface area is 81.2 Å². The van der Waals surface area contributed by atoms with Gasteiger partial charge in [-0.1, -0.05) is 0 Å². The lowest BCUT2D eigenvalue weighted by molar-refractivity contribution is 0.0454. The van der Waals surface area contributed by atoms with E-state index in [2.05, 4.69) is 17.6 Å². The van der Waals surface area contributed by atoms with Crippen molar-refractivity contribution in [2.24, 2.45) is 0 Å². The molecule has 1 aliphatic heterocycles. The zero-order valence-corrected chi connectivity index (χ0v) is 8.86. The number of hydrogen-bond donors (Lipinski definition) is 2. The summed E-state index contributed by atoms with van der Waals surface area (Å²) in [5.41, 5.74) is 0.325. The van der Waals surface area contributed by atoms with Gasteiger partial charge in [-0.05, 0) is 46.3 Å². The van der Waals surface area contributed by atoms with E-state index in [4.69, 9.17) is 4.74 Å². The van der Waals surface area contributed by atoms with Crippen LogP contribution in [0.1, 0.15) is 26.2 Å². The Morgan fingerprint density at radius 1 is 1.23 bits per heavy atom. The lowest BCUT2D eigenvalue weighted by Gasteiger charge is -2.34. The van der Waals surface area contributed by atoms with Crippen molar-refractivity contribution in [1.82, 2.24) is 10.6 Å². The molecule has 1 saturated heterocycles. The van der Waals surface area contributed by atoms with Crippen LogP contribution >= 0.6 is 0 Å². The van der Waals surface area contributed by atoms with E-state index in [1.54, 1.807) is 0 Å². The van der Waals surface area contributed by atoms with Gasteiger partial charge in [0, 0.05) is 18.8 Å². The largest absolute Gasteiger partial charge is 0.381 e. The van der Waals surface area contributed by atoms with Crippen molar-refractivity contribution in [1.29, 1.82) is 0 Å². The second-order valence-electron chi connectivity index (χ2n) is 4.06. The summed E-state index contributed by atoms with van der Waals surface area (Å²) in [7, 11) is 2.00. The van der Waals surface area contributed by atoms with Gasteiger partial charge in [0.25, 0.3) is 0 Å². The van der Waals surface area contributed by atoms with E-state index in [0.717, 1.165) is 39.1 Å². The molecule has 0 aromatic carbocycles. The molecule has 0 aromatic heterocycles. The normalized spacial score (nSPS) is 21.7. The summed E-state index contributed by atoms with van der Waals surface area (Å²) >= 11 is 0. The minimum Gasteiger partial charge on any atom is -0.381 e. The summed E-state index contributed by atoms with van der Waals surface area (Å²) in [6.07, 6.45) is 3.49. The van der Waals surface area contributed by atoms with Crippen LogP contribution in [0.3, 0.4) is 0 Å². The smallest absolute Gasteiger partial charge is 0.0483 e. The van der Waals surface area contributed by atoms with Crippen LogP contribution in [-0.4, -0.2) is 38.9 Å². The van der Waals surface area contributed by atoms with E-state index in [-0.39, 0.29) is 0 Å². The van der Waals surface area contributed by atoms with Crippen LogP contribution in [0.2, 0.25) is 0 Å². The van der Waals surface area contributed by atoms with E-state index >= 15 is 0 Å². The highest BCUT2D eigenvalue weighted by Crippen LogP contribution is 2.19. The molecule has 78 valence electrons. The first-order chi connectivity index (χ1) is 6.27. The molecular weight excluding hydrogens is 164 g/mol. The summed E-state index contributed by atoms with van der Waals surface area (Å²) in [5.74, 6) is 0. The van der Waals surface area contributed by atoms with Crippen molar-refractivity contribution >= 4 is 0 Å². The molecule has 0 unspecified atom stereocenters. The van der Waals surface area contributed by atoms with Crippen LogP contribution in [0.5, 0.6) is 0 Å². The molecule has 0 aromatic rings. The van der Waals surface area contributed by atoms with Gasteiger partial charge < -0.3 is 15.4 Å². The summed E-state index contributed by atoms with van der Waals surface area (Å²) in [6, 6.07) is 0. The van der Waals surface area contributed by atoms with E-state index in [0.29, 0.717) is 5.54 Å². The van der Waals surface area contributed by atoms with Gasteiger partial charge in [0.2, 0.25) is 0 Å². The van der Waals surface area contributed by atoms with Crippen molar-refractivity contribution in [3.63, 3.8) is 0 Å². The Hall–Kier alpha value is -0.120. The van der Waals surface area contributed by atoms with Crippen LogP contribution in [0, 0.1) is 0 Å². The third kappa shape index (κ3) is 4.07. The molecule has 0 bridgehead atoms. The first-order valence-electron chi connectivity index (χ1n) is 5.24. The molecule has 0 aliphatic carbocycles. The molecule has 3 nitrogen and oxygen atoms in total. The quantitative estimate of drug-likeness (QED) is 0.622. The zero-order chi connectivity index (χ0) is 9.57. The average molecular weight is 186 g/mol. The summed E-state index contributed by atoms with van der Waals surface area (Å²) < 4.78 is 5.34. The van der Waals surface area contributed by atoms with Crippen LogP contribution < -0.4 is 10.6 Å². The fourth-order valence-electron chi connectivity index (χ4n) is 1.65. The zero-order valence-electron chi connectivity index (χ0n) is 8.86. The number of rotatable bonds is 5. The minimum atomic E-state index is 0.325. The molecule has 1 fully saturated rings. The Bertz CT molecular complexity index is 133. The number of hydrogen-bond acceptors (Lipinski definition) is 3. The Morgan fingerprint density at radius 3 is 2.54 bits per heavy atom. The lowest BCUT2D eigenvalue weighted by atomic mass is 9.92. The highest BCUT2D eigenvalue weighted by molar-refractivity contribution is 4.85. The van der Waals surface area contributed by atoms with E-state index < -0.39 is 0 Å². The van der Waals surface area contributed by atoms with Gasteiger partial charge in [0.05, 0.1) is 0 Å². The van der Waals surface area contributed by atoms with E-state index in [1.807, 2.05) is 7.05 Å². The van der Waals surface area contributed by atoms with Gasteiger partial charge in [-0.3, -0.25) is 0 Å². The minimum absolute atomic E-state index is 0.325. The second-order valence-corrected chi connectivity index (χ2v) is 4.06. The highest BCUT2D eigenvalue weighted by Gasteiger charge is 2.25. The Morgan fingerprint density at radius 2 is 1.92 bits per heavy atom. The topological polar surface area (TPSA) is 33.3 Å². The molecule has 1 rings (SSSR count). The maximum Gasteiger partial charge on any atom is 0.0483 e. The summed E-state index contributed by atoms with van der Waals surface area (Å²) in [6.45, 7) is 6.33. The predicted molar refractivity (Wildman–Crippen MR) is 55.0 cm³/mol. The van der Waals surface area contributed by atoms with E-state index in [9.17, 15) is 0 Å². The van der Waals surface area contributed by atoms with Gasteiger partial charge in [0.1, 0.15) is 0 Å². The summed E-state index contributed by atoms with van der Waals surface area (Å²) in [5, 5.41) is 6.77. The molecular formula is C10H22N2O. The van der Waals surface area contributed by atoms with Crippen LogP contribution in [0.15, 0.2) is 0 Å². The molecule has 0 saturated carbocycles. The van der Waals surface area contributed by atoms with Gasteiger partial charge in [-0.25, -0.2) is 0 Å². The molecule has 3 heteroatoms. The van der Waals surface area contributed by atoms with E-state index in [1.165, 1.54) is 6.42 Å². The maximum atomic E-state index is 5.34. The molecule has 0 spiro atoms. The standard InChI is InChI=1S/C10H22N2O/c1-10(4-8-13-9-5-10)12-7-3-6-11-2/h11-12H,3-9H2,1-2H3. The van der Waals surface area contributed by atoms with Crippen LogP contribution in [0.4, 0.5) is 0 Å². The first-order valence-corrected chi connectivity index (χ1v) is 5.24. The molecule has 1 heterocycles. The predicted octanol–water partition coefficient (Wildman–Crippen LogP) is 0.755. The molecule has 0 amide bonds. The SMILES string of the molecule is CNCCCNC1(C)CCOCC1. The lowest BCUT2D eigenvalue weighted by Crippen LogP contribution is -2.47. The molecule has 0 atom stereocenters. The Kier molecular flexibility index (Phi) is 4.70.